The molecule has 3 aromatic carbocycles. The van der Waals surface area contributed by atoms with E-state index in [-0.39, 0.29) is 23.4 Å². The number of likely N-dealkylation sites (N-methyl/N-ethyl adjacent to an activating group) is 1. The zero-order valence-electron chi connectivity index (χ0n) is 27.5. The number of alkyl halides is 3. The SMILES string of the molecule is COc1cc(-c2cncc(C#Cc3cc(C(=O)Nc4ccc(CN5CCN(C)CC5)c(C(F)(F)F)c4)ccc3C)c2)cc(OC)c1OC. The molecule has 48 heavy (non-hydrogen) atoms. The Labute approximate surface area is 278 Å². The number of aromatic nitrogens is 1. The van der Waals surface area contributed by atoms with E-state index in [1.54, 1.807) is 44.8 Å². The third-order valence-electron chi connectivity index (χ3n) is 8.24. The monoisotopic (exact) mass is 658 g/mol. The van der Waals surface area contributed by atoms with Crippen LogP contribution in [0.2, 0.25) is 0 Å². The predicted molar refractivity (Wildman–Crippen MR) is 179 cm³/mol. The normalized spacial score (nSPS) is 13.8. The number of halogens is 3. The number of carbonyl (C=O) groups excluding carboxylic acids is 1. The average Bonchev–Trinajstić information content (AvgIpc) is 3.08. The van der Waals surface area contributed by atoms with Crippen molar-refractivity contribution in [3.63, 3.8) is 0 Å². The topological polar surface area (TPSA) is 76.2 Å². The molecule has 1 N–H and O–H groups in total. The van der Waals surface area contributed by atoms with Crippen LogP contribution in [0.3, 0.4) is 0 Å². The molecule has 5 rings (SSSR count). The van der Waals surface area contributed by atoms with Crippen LogP contribution in [0.5, 0.6) is 17.2 Å². The Morgan fingerprint density at radius 1 is 0.875 bits per heavy atom. The van der Waals surface area contributed by atoms with Crippen molar-refractivity contribution in [2.75, 3.05) is 59.9 Å². The van der Waals surface area contributed by atoms with Crippen LogP contribution in [0.4, 0.5) is 18.9 Å². The molecule has 0 aliphatic carbocycles. The summed E-state index contributed by atoms with van der Waals surface area (Å²) in [5.74, 6) is 7.17. The first-order chi connectivity index (χ1) is 23.0. The number of piperazine rings is 1. The lowest BCUT2D eigenvalue weighted by molar-refractivity contribution is -0.138. The van der Waals surface area contributed by atoms with Gasteiger partial charge in [-0.3, -0.25) is 14.7 Å². The molecule has 250 valence electrons. The second kappa shape index (κ2) is 14.8. The van der Waals surface area contributed by atoms with E-state index in [4.69, 9.17) is 14.2 Å². The first kappa shape index (κ1) is 34.3. The molecule has 11 heteroatoms. The number of hydrogen-bond donors (Lipinski definition) is 1. The third-order valence-corrected chi connectivity index (χ3v) is 8.24. The molecule has 8 nitrogen and oxygen atoms in total. The predicted octanol–water partition coefficient (Wildman–Crippen LogP) is 6.50. The number of nitrogens with zero attached hydrogens (tertiary/aromatic N) is 3. The number of rotatable bonds is 8. The molecule has 0 saturated carbocycles. The standard InChI is InChI=1S/C37H37F3N4O4/c1-24-6-8-27(36(45)42-31-11-10-28(32(20-31)37(38,39)40)23-44-14-12-43(2)13-15-44)17-26(24)9-7-25-16-30(22-41-21-25)29-18-33(46-3)35(48-5)34(19-29)47-4/h6,8,10-11,16-22H,12-15,23H2,1-5H3,(H,42,45). The van der Waals surface area contributed by atoms with E-state index in [2.05, 4.69) is 27.0 Å². The smallest absolute Gasteiger partial charge is 0.416 e. The fraction of sp³-hybridized carbons (Fsp3) is 0.297. The van der Waals surface area contributed by atoms with Crippen LogP contribution >= 0.6 is 0 Å². The van der Waals surface area contributed by atoms with Crippen molar-refractivity contribution in [2.45, 2.75) is 19.6 Å². The minimum atomic E-state index is -4.56. The number of methoxy groups -OCH3 is 3. The summed E-state index contributed by atoms with van der Waals surface area (Å²) < 4.78 is 58.6. The van der Waals surface area contributed by atoms with Gasteiger partial charge in [-0.2, -0.15) is 13.2 Å². The maximum absolute atomic E-state index is 14.1. The molecule has 1 amide bonds. The summed E-state index contributed by atoms with van der Waals surface area (Å²) >= 11 is 0. The van der Waals surface area contributed by atoms with E-state index in [0.29, 0.717) is 41.5 Å². The Balaban J connectivity index is 1.35. The van der Waals surface area contributed by atoms with Gasteiger partial charge in [0.05, 0.1) is 26.9 Å². The highest BCUT2D eigenvalue weighted by molar-refractivity contribution is 6.04. The molecule has 0 atom stereocenters. The van der Waals surface area contributed by atoms with Crippen LogP contribution in [0.15, 0.2) is 67.0 Å². The van der Waals surface area contributed by atoms with E-state index in [9.17, 15) is 18.0 Å². The van der Waals surface area contributed by atoms with Gasteiger partial charge in [0.15, 0.2) is 11.5 Å². The molecule has 4 aromatic rings. The largest absolute Gasteiger partial charge is 0.493 e. The Hall–Kier alpha value is -5.05. The van der Waals surface area contributed by atoms with Gasteiger partial charge in [0, 0.05) is 73.1 Å². The number of benzene rings is 3. The summed E-state index contributed by atoms with van der Waals surface area (Å²) in [5.41, 5.74) is 3.39. The van der Waals surface area contributed by atoms with Crippen LogP contribution in [-0.4, -0.2) is 75.2 Å². The quantitative estimate of drug-likeness (QED) is 0.217. The van der Waals surface area contributed by atoms with Crippen molar-refractivity contribution in [1.29, 1.82) is 0 Å². The average molecular weight is 659 g/mol. The number of ether oxygens (including phenoxy) is 3. The summed E-state index contributed by atoms with van der Waals surface area (Å²) in [5, 5.41) is 2.63. The highest BCUT2D eigenvalue weighted by atomic mass is 19.4. The number of pyridine rings is 1. The van der Waals surface area contributed by atoms with Gasteiger partial charge in [-0.25, -0.2) is 0 Å². The number of amides is 1. The molecule has 2 heterocycles. The van der Waals surface area contributed by atoms with Crippen molar-refractivity contribution in [3.05, 3.63) is 100 Å². The molecule has 1 fully saturated rings. The molecular weight excluding hydrogens is 621 g/mol. The molecule has 1 aliphatic heterocycles. The summed E-state index contributed by atoms with van der Waals surface area (Å²) in [7, 11) is 6.62. The van der Waals surface area contributed by atoms with Crippen molar-refractivity contribution in [3.8, 4) is 40.2 Å². The van der Waals surface area contributed by atoms with Gasteiger partial charge in [0.2, 0.25) is 5.75 Å². The summed E-state index contributed by atoms with van der Waals surface area (Å²) in [6.07, 6.45) is -1.23. The Bertz CT molecular complexity index is 1830. The summed E-state index contributed by atoms with van der Waals surface area (Å²) in [6.45, 7) is 5.05. The van der Waals surface area contributed by atoms with Crippen LogP contribution in [-0.2, 0) is 12.7 Å². The number of aryl methyl sites for hydroxylation is 1. The number of carbonyl (C=O) groups is 1. The van der Waals surface area contributed by atoms with Gasteiger partial charge in [-0.05, 0) is 73.1 Å². The lowest BCUT2D eigenvalue weighted by Crippen LogP contribution is -2.44. The number of hydrogen-bond acceptors (Lipinski definition) is 7. The van der Waals surface area contributed by atoms with Crippen molar-refractivity contribution in [2.24, 2.45) is 0 Å². The Morgan fingerprint density at radius 2 is 1.58 bits per heavy atom. The maximum atomic E-state index is 14.1. The molecule has 0 spiro atoms. The van der Waals surface area contributed by atoms with E-state index >= 15 is 0 Å². The van der Waals surface area contributed by atoms with Crippen LogP contribution in [0.25, 0.3) is 11.1 Å². The zero-order valence-corrected chi connectivity index (χ0v) is 27.5. The van der Waals surface area contributed by atoms with Crippen LogP contribution < -0.4 is 19.5 Å². The fourth-order valence-corrected chi connectivity index (χ4v) is 5.46. The van der Waals surface area contributed by atoms with Crippen molar-refractivity contribution in [1.82, 2.24) is 14.8 Å². The van der Waals surface area contributed by atoms with Gasteiger partial charge >= 0.3 is 6.18 Å². The van der Waals surface area contributed by atoms with Gasteiger partial charge in [0.25, 0.3) is 5.91 Å². The fourth-order valence-electron chi connectivity index (χ4n) is 5.46. The molecule has 1 aliphatic rings. The minimum Gasteiger partial charge on any atom is -0.493 e. The first-order valence-corrected chi connectivity index (χ1v) is 15.3. The molecular formula is C37H37F3N4O4. The van der Waals surface area contributed by atoms with E-state index in [0.717, 1.165) is 35.8 Å². The molecule has 0 bridgehead atoms. The van der Waals surface area contributed by atoms with E-state index in [1.165, 1.54) is 19.2 Å². The third kappa shape index (κ3) is 8.08. The van der Waals surface area contributed by atoms with Gasteiger partial charge in [-0.1, -0.05) is 24.0 Å². The zero-order chi connectivity index (χ0) is 34.4. The first-order valence-electron chi connectivity index (χ1n) is 15.3. The molecule has 0 unspecified atom stereocenters. The maximum Gasteiger partial charge on any atom is 0.416 e. The van der Waals surface area contributed by atoms with Crippen molar-refractivity contribution >= 4 is 11.6 Å². The minimum absolute atomic E-state index is 0.0670. The molecule has 0 radical (unpaired) electrons. The van der Waals surface area contributed by atoms with E-state index in [1.807, 2.05) is 37.1 Å². The van der Waals surface area contributed by atoms with Crippen LogP contribution in [0, 0.1) is 18.8 Å². The molecule has 1 aromatic heterocycles. The van der Waals surface area contributed by atoms with Gasteiger partial charge in [-0.15, -0.1) is 0 Å². The number of nitrogens with one attached hydrogen (secondary N) is 1. The summed E-state index contributed by atoms with van der Waals surface area (Å²) in [4.78, 5) is 21.7. The van der Waals surface area contributed by atoms with E-state index < -0.39 is 17.6 Å². The highest BCUT2D eigenvalue weighted by Crippen LogP contribution is 2.41. The van der Waals surface area contributed by atoms with Crippen molar-refractivity contribution < 1.29 is 32.2 Å². The van der Waals surface area contributed by atoms with Gasteiger partial charge < -0.3 is 24.4 Å². The van der Waals surface area contributed by atoms with Gasteiger partial charge in [0.1, 0.15) is 0 Å². The Kier molecular flexibility index (Phi) is 10.6. The second-order valence-corrected chi connectivity index (χ2v) is 11.6. The second-order valence-electron chi connectivity index (χ2n) is 11.6. The lowest BCUT2D eigenvalue weighted by Gasteiger charge is -2.33. The summed E-state index contributed by atoms with van der Waals surface area (Å²) in [6, 6.07) is 14.5. The number of anilines is 1. The lowest BCUT2D eigenvalue weighted by atomic mass is 10.0. The Morgan fingerprint density at radius 3 is 2.23 bits per heavy atom. The molecule has 1 saturated heterocycles. The highest BCUT2D eigenvalue weighted by Gasteiger charge is 2.34. The van der Waals surface area contributed by atoms with Crippen LogP contribution in [0.1, 0.15) is 38.2 Å².